The molecule has 0 N–H and O–H groups in total. The second kappa shape index (κ2) is 7.72. The van der Waals surface area contributed by atoms with Gasteiger partial charge in [0.05, 0.1) is 25.7 Å². The maximum atomic E-state index is 12.9. The van der Waals surface area contributed by atoms with Gasteiger partial charge in [0, 0.05) is 0 Å². The number of carbonyl (C=O) groups is 2. The smallest absolute Gasteiger partial charge is 0.357 e. The summed E-state index contributed by atoms with van der Waals surface area (Å²) >= 11 is 0. The van der Waals surface area contributed by atoms with Gasteiger partial charge < -0.3 is 14.0 Å². The molecule has 6 nitrogen and oxygen atoms in total. The van der Waals surface area contributed by atoms with E-state index in [2.05, 4.69) is 4.98 Å². The van der Waals surface area contributed by atoms with Crippen molar-refractivity contribution in [1.29, 1.82) is 0 Å². The first-order valence-corrected chi connectivity index (χ1v) is 8.96. The van der Waals surface area contributed by atoms with Gasteiger partial charge in [-0.2, -0.15) is 0 Å². The predicted octanol–water partition coefficient (Wildman–Crippen LogP) is 3.53. The van der Waals surface area contributed by atoms with E-state index in [-0.39, 0.29) is 6.04 Å². The number of nitrogens with zero attached hydrogens (tertiary/aromatic N) is 2. The van der Waals surface area contributed by atoms with E-state index in [1.807, 2.05) is 37.3 Å². The van der Waals surface area contributed by atoms with E-state index in [9.17, 15) is 9.59 Å². The second-order valence-corrected chi connectivity index (χ2v) is 6.71. The van der Waals surface area contributed by atoms with Crippen molar-refractivity contribution in [1.82, 2.24) is 9.55 Å². The summed E-state index contributed by atoms with van der Waals surface area (Å²) in [7, 11) is 1.33. The number of imidazole rings is 1. The zero-order valence-corrected chi connectivity index (χ0v) is 15.2. The van der Waals surface area contributed by atoms with Gasteiger partial charge in [-0.15, -0.1) is 0 Å². The first kappa shape index (κ1) is 18.2. The Morgan fingerprint density at radius 2 is 1.85 bits per heavy atom. The summed E-state index contributed by atoms with van der Waals surface area (Å²) in [5, 5.41) is 0. The lowest BCUT2D eigenvalue weighted by atomic mass is 9.84. The van der Waals surface area contributed by atoms with Gasteiger partial charge in [0.2, 0.25) is 5.60 Å². The van der Waals surface area contributed by atoms with Gasteiger partial charge in [0.25, 0.3) is 0 Å². The molecule has 0 spiro atoms. The molecule has 0 radical (unpaired) electrons. The minimum absolute atomic E-state index is 0.0818. The Labute approximate surface area is 153 Å². The van der Waals surface area contributed by atoms with Crippen LogP contribution in [0.25, 0.3) is 0 Å². The van der Waals surface area contributed by atoms with Crippen LogP contribution in [0, 0.1) is 0 Å². The average molecular weight is 356 g/mol. The molecule has 0 bridgehead atoms. The number of rotatable bonds is 5. The fourth-order valence-electron chi connectivity index (χ4n) is 3.55. The molecule has 1 atom stereocenters. The molecule has 0 amide bonds. The summed E-state index contributed by atoms with van der Waals surface area (Å²) in [6.45, 7) is 1.99. The van der Waals surface area contributed by atoms with Gasteiger partial charge in [0.15, 0.2) is 0 Å². The molecule has 1 heterocycles. The molecule has 6 heteroatoms. The number of hydrogen-bond donors (Lipinski definition) is 0. The van der Waals surface area contributed by atoms with Gasteiger partial charge in [-0.1, -0.05) is 36.8 Å². The quantitative estimate of drug-likeness (QED) is 0.767. The van der Waals surface area contributed by atoms with Crippen LogP contribution in [0.3, 0.4) is 0 Å². The SMILES string of the molecule is COC(=O)C1(OC(=O)c2cncn2[C@H](C)c2ccccc2)CCCCC1. The van der Waals surface area contributed by atoms with Gasteiger partial charge in [-0.25, -0.2) is 14.6 Å². The lowest BCUT2D eigenvalue weighted by Crippen LogP contribution is -2.46. The van der Waals surface area contributed by atoms with Crippen LogP contribution in [0.4, 0.5) is 0 Å². The minimum Gasteiger partial charge on any atom is -0.466 e. The largest absolute Gasteiger partial charge is 0.466 e. The van der Waals surface area contributed by atoms with Gasteiger partial charge in [0.1, 0.15) is 5.69 Å². The van der Waals surface area contributed by atoms with Crippen LogP contribution in [0.1, 0.15) is 61.1 Å². The Balaban J connectivity index is 1.84. The van der Waals surface area contributed by atoms with Gasteiger partial charge in [-0.05, 0) is 38.2 Å². The zero-order valence-electron chi connectivity index (χ0n) is 15.2. The minimum atomic E-state index is -1.19. The normalized spacial score (nSPS) is 17.3. The number of benzene rings is 1. The third-order valence-corrected chi connectivity index (χ3v) is 5.08. The summed E-state index contributed by atoms with van der Waals surface area (Å²) < 4.78 is 12.4. The van der Waals surface area contributed by atoms with Crippen molar-refractivity contribution >= 4 is 11.9 Å². The van der Waals surface area contributed by atoms with Crippen LogP contribution < -0.4 is 0 Å². The van der Waals surface area contributed by atoms with Crippen LogP contribution in [-0.4, -0.2) is 34.2 Å². The van der Waals surface area contributed by atoms with Crippen LogP contribution >= 0.6 is 0 Å². The molecule has 0 saturated heterocycles. The Kier molecular flexibility index (Phi) is 5.40. The summed E-state index contributed by atoms with van der Waals surface area (Å²) in [5.74, 6) is -1.02. The molecule has 0 unspecified atom stereocenters. The van der Waals surface area contributed by atoms with Gasteiger partial charge in [-0.3, -0.25) is 0 Å². The third-order valence-electron chi connectivity index (χ3n) is 5.08. The van der Waals surface area contributed by atoms with Crippen LogP contribution in [-0.2, 0) is 14.3 Å². The summed E-state index contributed by atoms with van der Waals surface area (Å²) in [4.78, 5) is 29.3. The fourth-order valence-corrected chi connectivity index (χ4v) is 3.55. The van der Waals surface area contributed by atoms with Crippen LogP contribution in [0.5, 0.6) is 0 Å². The molecular formula is C20H24N2O4. The van der Waals surface area contributed by atoms with E-state index >= 15 is 0 Å². The summed E-state index contributed by atoms with van der Waals surface area (Å²) in [6, 6.07) is 9.77. The first-order valence-electron chi connectivity index (χ1n) is 8.96. The lowest BCUT2D eigenvalue weighted by molar-refractivity contribution is -0.166. The molecule has 2 aromatic rings. The number of hydrogen-bond acceptors (Lipinski definition) is 5. The standard InChI is InChI=1S/C20H24N2O4/c1-15(16-9-5-3-6-10-16)22-14-21-13-17(22)18(23)26-20(19(24)25-2)11-7-4-8-12-20/h3,5-6,9-10,13-15H,4,7-8,11-12H2,1-2H3/t15-/m1/s1. The predicted molar refractivity (Wildman–Crippen MR) is 95.7 cm³/mol. The Bertz CT molecular complexity index is 763. The third kappa shape index (κ3) is 3.49. The van der Waals surface area contributed by atoms with Crippen molar-refractivity contribution in [3.63, 3.8) is 0 Å². The fraction of sp³-hybridized carbons (Fsp3) is 0.450. The topological polar surface area (TPSA) is 70.4 Å². The Morgan fingerprint density at radius 1 is 1.15 bits per heavy atom. The number of carbonyl (C=O) groups excluding carboxylic acids is 2. The van der Waals surface area contributed by atoms with Crippen LogP contribution in [0.15, 0.2) is 42.9 Å². The van der Waals surface area contributed by atoms with E-state index in [0.717, 1.165) is 24.8 Å². The average Bonchev–Trinajstić information content (AvgIpc) is 3.18. The molecular weight excluding hydrogens is 332 g/mol. The van der Waals surface area contributed by atoms with E-state index in [1.165, 1.54) is 13.3 Å². The van der Waals surface area contributed by atoms with Crippen molar-refractivity contribution in [2.45, 2.75) is 50.7 Å². The number of esters is 2. The highest BCUT2D eigenvalue weighted by Crippen LogP contribution is 2.34. The molecule has 1 aliphatic rings. The molecule has 1 aliphatic carbocycles. The molecule has 1 saturated carbocycles. The van der Waals surface area contributed by atoms with Crippen molar-refractivity contribution < 1.29 is 19.1 Å². The molecule has 1 aromatic carbocycles. The molecule has 26 heavy (non-hydrogen) atoms. The van der Waals surface area contributed by atoms with Gasteiger partial charge >= 0.3 is 11.9 Å². The zero-order chi connectivity index (χ0) is 18.6. The summed E-state index contributed by atoms with van der Waals surface area (Å²) in [5.41, 5.74) is 0.199. The first-order chi connectivity index (χ1) is 12.6. The van der Waals surface area contributed by atoms with Crippen molar-refractivity contribution in [2.75, 3.05) is 7.11 Å². The lowest BCUT2D eigenvalue weighted by Gasteiger charge is -2.33. The highest BCUT2D eigenvalue weighted by Gasteiger charge is 2.45. The molecule has 138 valence electrons. The number of methoxy groups -OCH3 is 1. The van der Waals surface area contributed by atoms with E-state index in [1.54, 1.807) is 10.9 Å². The maximum Gasteiger partial charge on any atom is 0.357 e. The Hall–Kier alpha value is -2.63. The molecule has 3 rings (SSSR count). The molecule has 0 aliphatic heterocycles. The van der Waals surface area contributed by atoms with Crippen LogP contribution in [0.2, 0.25) is 0 Å². The van der Waals surface area contributed by atoms with E-state index in [0.29, 0.717) is 18.5 Å². The molecule has 1 aromatic heterocycles. The van der Waals surface area contributed by atoms with E-state index in [4.69, 9.17) is 9.47 Å². The highest BCUT2D eigenvalue weighted by atomic mass is 16.6. The Morgan fingerprint density at radius 3 is 2.50 bits per heavy atom. The van der Waals surface area contributed by atoms with Crippen molar-refractivity contribution in [3.05, 3.63) is 54.1 Å². The molecule has 1 fully saturated rings. The van der Waals surface area contributed by atoms with E-state index < -0.39 is 17.5 Å². The number of ether oxygens (including phenoxy) is 2. The maximum absolute atomic E-state index is 12.9. The monoisotopic (exact) mass is 356 g/mol. The second-order valence-electron chi connectivity index (χ2n) is 6.71. The van der Waals surface area contributed by atoms with Crippen molar-refractivity contribution in [3.8, 4) is 0 Å². The highest BCUT2D eigenvalue weighted by molar-refractivity contribution is 5.91. The van der Waals surface area contributed by atoms with Crippen molar-refractivity contribution in [2.24, 2.45) is 0 Å². The number of aromatic nitrogens is 2. The summed E-state index contributed by atoms with van der Waals surface area (Å²) in [6.07, 6.45) is 6.78.